The molecular weight excluding hydrogens is 255 g/mol. The van der Waals surface area contributed by atoms with Crippen LogP contribution >= 0.6 is 0 Å². The van der Waals surface area contributed by atoms with Gasteiger partial charge in [0, 0.05) is 5.56 Å². The second-order valence-electron chi connectivity index (χ2n) is 4.42. The van der Waals surface area contributed by atoms with Crippen molar-refractivity contribution in [2.75, 3.05) is 0 Å². The monoisotopic (exact) mass is 266 g/mol. The van der Waals surface area contributed by atoms with E-state index in [0.717, 1.165) is 11.1 Å². The molecule has 0 aliphatic carbocycles. The van der Waals surface area contributed by atoms with E-state index in [0.29, 0.717) is 11.3 Å². The Morgan fingerprint density at radius 1 is 0.950 bits per heavy atom. The Morgan fingerprint density at radius 2 is 1.65 bits per heavy atom. The topological polar surface area (TPSA) is 26.3 Å². The first-order valence-electron chi connectivity index (χ1n) is 6.19. The minimum atomic E-state index is -0.395. The van der Waals surface area contributed by atoms with E-state index < -0.39 is 5.97 Å². The first-order valence-corrected chi connectivity index (χ1v) is 6.19. The Labute approximate surface area is 115 Å². The minimum absolute atomic E-state index is 0.304. The van der Waals surface area contributed by atoms with Gasteiger partial charge < -0.3 is 4.74 Å². The predicted octanol–water partition coefficient (Wildman–Crippen LogP) is 3.81. The number of carbonyl (C=O) groups excluding carboxylic acids is 1. The second-order valence-corrected chi connectivity index (χ2v) is 4.42. The molecule has 0 radical (unpaired) electrons. The summed E-state index contributed by atoms with van der Waals surface area (Å²) in [5.41, 5.74) is 2.06. The molecular formula is C17H11FO2. The summed E-state index contributed by atoms with van der Waals surface area (Å²) < 4.78 is 18.1. The van der Waals surface area contributed by atoms with Gasteiger partial charge in [0.1, 0.15) is 11.6 Å². The maximum atomic E-state index is 12.8. The van der Waals surface area contributed by atoms with Crippen LogP contribution in [0.2, 0.25) is 0 Å². The fourth-order valence-electron chi connectivity index (χ4n) is 1.97. The van der Waals surface area contributed by atoms with E-state index in [1.165, 1.54) is 12.1 Å². The molecule has 0 fully saturated rings. The molecule has 2 nitrogen and oxygen atoms in total. The third-order valence-electron chi connectivity index (χ3n) is 2.98. The lowest BCUT2D eigenvalue weighted by Gasteiger charge is -1.99. The van der Waals surface area contributed by atoms with E-state index in [2.05, 4.69) is 0 Å². The van der Waals surface area contributed by atoms with E-state index >= 15 is 0 Å². The molecule has 20 heavy (non-hydrogen) atoms. The SMILES string of the molecule is O=C1OC(c2ccccc2)=CC1=Cc1ccc(F)cc1. The van der Waals surface area contributed by atoms with Gasteiger partial charge in [0.2, 0.25) is 0 Å². The van der Waals surface area contributed by atoms with Gasteiger partial charge in [0.05, 0.1) is 5.57 Å². The summed E-state index contributed by atoms with van der Waals surface area (Å²) in [6, 6.07) is 15.4. The van der Waals surface area contributed by atoms with E-state index in [9.17, 15) is 9.18 Å². The number of rotatable bonds is 2. The van der Waals surface area contributed by atoms with Crippen molar-refractivity contribution >= 4 is 17.8 Å². The van der Waals surface area contributed by atoms with Crippen molar-refractivity contribution in [3.8, 4) is 0 Å². The average molecular weight is 266 g/mol. The molecule has 2 aromatic carbocycles. The Kier molecular flexibility index (Phi) is 3.17. The number of cyclic esters (lactones) is 1. The van der Waals surface area contributed by atoms with E-state index in [-0.39, 0.29) is 5.82 Å². The Morgan fingerprint density at radius 3 is 2.35 bits per heavy atom. The zero-order chi connectivity index (χ0) is 13.9. The van der Waals surface area contributed by atoms with Gasteiger partial charge in [-0.05, 0) is 29.8 Å². The first-order chi connectivity index (χ1) is 9.72. The van der Waals surface area contributed by atoms with Gasteiger partial charge in [0.15, 0.2) is 0 Å². The summed E-state index contributed by atoms with van der Waals surface area (Å²) in [5.74, 6) is -0.168. The highest BCUT2D eigenvalue weighted by Crippen LogP contribution is 2.27. The number of benzene rings is 2. The normalized spacial score (nSPS) is 16.1. The molecule has 0 unspecified atom stereocenters. The van der Waals surface area contributed by atoms with Crippen LogP contribution in [0.4, 0.5) is 4.39 Å². The van der Waals surface area contributed by atoms with Crippen LogP contribution in [0.1, 0.15) is 11.1 Å². The van der Waals surface area contributed by atoms with Crippen LogP contribution in [0.25, 0.3) is 11.8 Å². The first kappa shape index (κ1) is 12.4. The van der Waals surface area contributed by atoms with Gasteiger partial charge in [-0.25, -0.2) is 9.18 Å². The van der Waals surface area contributed by atoms with E-state index in [1.807, 2.05) is 30.3 Å². The number of hydrogen-bond donors (Lipinski definition) is 0. The van der Waals surface area contributed by atoms with Crippen molar-refractivity contribution < 1.29 is 13.9 Å². The summed E-state index contributed by atoms with van der Waals surface area (Å²) in [7, 11) is 0. The highest BCUT2D eigenvalue weighted by Gasteiger charge is 2.21. The minimum Gasteiger partial charge on any atom is -0.422 e. The van der Waals surface area contributed by atoms with Gasteiger partial charge >= 0.3 is 5.97 Å². The molecule has 3 rings (SSSR count). The predicted molar refractivity (Wildman–Crippen MR) is 74.9 cm³/mol. The van der Waals surface area contributed by atoms with Crippen LogP contribution in [0.5, 0.6) is 0 Å². The van der Waals surface area contributed by atoms with Gasteiger partial charge in [-0.2, -0.15) is 0 Å². The van der Waals surface area contributed by atoms with E-state index in [4.69, 9.17) is 4.74 Å². The van der Waals surface area contributed by atoms with Crippen LogP contribution in [0, 0.1) is 5.82 Å². The summed E-state index contributed by atoms with van der Waals surface area (Å²) >= 11 is 0. The third-order valence-corrected chi connectivity index (χ3v) is 2.98. The Balaban J connectivity index is 1.92. The quantitative estimate of drug-likeness (QED) is 0.610. The highest BCUT2D eigenvalue weighted by molar-refractivity contribution is 6.05. The number of ether oxygens (including phenoxy) is 1. The molecule has 0 atom stereocenters. The molecule has 0 spiro atoms. The van der Waals surface area contributed by atoms with Crippen LogP contribution in [0.3, 0.4) is 0 Å². The number of carbonyl (C=O) groups is 1. The van der Waals surface area contributed by atoms with Crippen LogP contribution in [0.15, 0.2) is 66.2 Å². The van der Waals surface area contributed by atoms with Crippen LogP contribution in [-0.2, 0) is 9.53 Å². The molecule has 2 aromatic rings. The molecule has 0 amide bonds. The molecule has 0 saturated carbocycles. The van der Waals surface area contributed by atoms with Crippen molar-refractivity contribution in [3.63, 3.8) is 0 Å². The van der Waals surface area contributed by atoms with Crippen molar-refractivity contribution in [1.82, 2.24) is 0 Å². The fraction of sp³-hybridized carbons (Fsp3) is 0. The Bertz CT molecular complexity index is 698. The average Bonchev–Trinajstić information content (AvgIpc) is 2.84. The molecule has 3 heteroatoms. The number of esters is 1. The summed E-state index contributed by atoms with van der Waals surface area (Å²) in [5, 5.41) is 0. The smallest absolute Gasteiger partial charge is 0.343 e. The zero-order valence-electron chi connectivity index (χ0n) is 10.5. The fourth-order valence-corrected chi connectivity index (χ4v) is 1.97. The van der Waals surface area contributed by atoms with E-state index in [1.54, 1.807) is 24.3 Å². The summed E-state index contributed by atoms with van der Waals surface area (Å²) in [6.07, 6.45) is 3.37. The second kappa shape index (κ2) is 5.13. The maximum Gasteiger partial charge on any atom is 0.343 e. The van der Waals surface area contributed by atoms with Crippen molar-refractivity contribution in [1.29, 1.82) is 0 Å². The standard InChI is InChI=1S/C17H11FO2/c18-15-8-6-12(7-9-15)10-14-11-16(20-17(14)19)13-4-2-1-3-5-13/h1-11H. The summed E-state index contributed by atoms with van der Waals surface area (Å²) in [6.45, 7) is 0. The molecule has 1 heterocycles. The summed E-state index contributed by atoms with van der Waals surface area (Å²) in [4.78, 5) is 11.8. The van der Waals surface area contributed by atoms with Crippen molar-refractivity contribution in [2.45, 2.75) is 0 Å². The number of halogens is 1. The lowest BCUT2D eigenvalue weighted by atomic mass is 10.1. The van der Waals surface area contributed by atoms with Crippen LogP contribution in [-0.4, -0.2) is 5.97 Å². The third kappa shape index (κ3) is 2.52. The molecule has 1 aliphatic rings. The lowest BCUT2D eigenvalue weighted by Crippen LogP contribution is -1.97. The Hall–Kier alpha value is -2.68. The van der Waals surface area contributed by atoms with Gasteiger partial charge in [-0.1, -0.05) is 42.5 Å². The van der Waals surface area contributed by atoms with Gasteiger partial charge in [-0.15, -0.1) is 0 Å². The zero-order valence-corrected chi connectivity index (χ0v) is 10.5. The molecule has 0 saturated heterocycles. The molecule has 0 bridgehead atoms. The van der Waals surface area contributed by atoms with Crippen molar-refractivity contribution in [2.24, 2.45) is 0 Å². The van der Waals surface area contributed by atoms with Crippen molar-refractivity contribution in [3.05, 3.63) is 83.2 Å². The highest BCUT2D eigenvalue weighted by atomic mass is 19.1. The van der Waals surface area contributed by atoms with Crippen LogP contribution < -0.4 is 0 Å². The lowest BCUT2D eigenvalue weighted by molar-refractivity contribution is -0.130. The molecule has 98 valence electrons. The largest absolute Gasteiger partial charge is 0.422 e. The molecule has 0 aromatic heterocycles. The number of hydrogen-bond acceptors (Lipinski definition) is 2. The molecule has 0 N–H and O–H groups in total. The molecule has 1 aliphatic heterocycles. The van der Waals surface area contributed by atoms with Gasteiger partial charge in [0.25, 0.3) is 0 Å². The van der Waals surface area contributed by atoms with Gasteiger partial charge in [-0.3, -0.25) is 0 Å². The maximum absolute atomic E-state index is 12.8.